The Morgan fingerprint density at radius 1 is 1.32 bits per heavy atom. The number of rotatable bonds is 6. The average molecular weight is 400 g/mol. The van der Waals surface area contributed by atoms with Crippen LogP contribution in [0.25, 0.3) is 0 Å². The quantitative estimate of drug-likeness (QED) is 0.749. The Morgan fingerprint density at radius 2 is 2.18 bits per heavy atom. The molecule has 3 aliphatic rings. The predicted molar refractivity (Wildman–Crippen MR) is 109 cm³/mol. The summed E-state index contributed by atoms with van der Waals surface area (Å²) in [5.41, 5.74) is 0.763. The van der Waals surface area contributed by atoms with E-state index in [0.29, 0.717) is 11.9 Å². The third-order valence-electron chi connectivity index (χ3n) is 6.75. The van der Waals surface area contributed by atoms with Crippen molar-refractivity contribution in [3.05, 3.63) is 34.8 Å². The van der Waals surface area contributed by atoms with Crippen LogP contribution in [-0.2, 0) is 11.3 Å². The highest BCUT2D eigenvalue weighted by atomic mass is 32.1. The first-order valence-electron chi connectivity index (χ1n) is 10.5. The van der Waals surface area contributed by atoms with Crippen molar-refractivity contribution in [1.29, 1.82) is 0 Å². The van der Waals surface area contributed by atoms with Crippen LogP contribution in [0.5, 0.6) is 0 Å². The van der Waals surface area contributed by atoms with E-state index < -0.39 is 0 Å². The zero-order valence-corrected chi connectivity index (χ0v) is 17.6. The van der Waals surface area contributed by atoms with Crippen molar-refractivity contribution in [2.24, 2.45) is 11.3 Å². The van der Waals surface area contributed by atoms with Gasteiger partial charge in [0.2, 0.25) is 5.91 Å². The molecule has 5 rings (SSSR count). The van der Waals surface area contributed by atoms with Crippen molar-refractivity contribution in [2.75, 3.05) is 26.2 Å². The van der Waals surface area contributed by atoms with Crippen LogP contribution in [-0.4, -0.2) is 56.4 Å². The van der Waals surface area contributed by atoms with Gasteiger partial charge in [-0.3, -0.25) is 9.69 Å². The van der Waals surface area contributed by atoms with Gasteiger partial charge in [-0.25, -0.2) is 9.97 Å². The fourth-order valence-corrected chi connectivity index (χ4v) is 5.61. The minimum atomic E-state index is -0.317. The minimum absolute atomic E-state index is 0.171. The van der Waals surface area contributed by atoms with Crippen LogP contribution < -0.4 is 0 Å². The Labute approximate surface area is 170 Å². The van der Waals surface area contributed by atoms with Gasteiger partial charge in [0.1, 0.15) is 5.01 Å². The first-order valence-corrected chi connectivity index (χ1v) is 11.4. The van der Waals surface area contributed by atoms with E-state index in [4.69, 9.17) is 4.98 Å². The Hall–Kier alpha value is -1.73. The fourth-order valence-electron chi connectivity index (χ4n) is 4.96. The topological polar surface area (TPSA) is 54.3 Å². The summed E-state index contributed by atoms with van der Waals surface area (Å²) in [5, 5.41) is 3.16. The van der Waals surface area contributed by atoms with Gasteiger partial charge < -0.3 is 9.47 Å². The van der Waals surface area contributed by atoms with E-state index in [2.05, 4.69) is 39.4 Å². The number of amides is 1. The molecule has 150 valence electrons. The van der Waals surface area contributed by atoms with Gasteiger partial charge in [0.05, 0.1) is 24.0 Å². The van der Waals surface area contributed by atoms with E-state index in [9.17, 15) is 4.79 Å². The molecule has 2 aromatic heterocycles. The van der Waals surface area contributed by atoms with Gasteiger partial charge in [-0.1, -0.05) is 0 Å². The number of likely N-dealkylation sites (tertiary alicyclic amines) is 2. The Balaban J connectivity index is 1.43. The molecule has 2 unspecified atom stereocenters. The lowest BCUT2D eigenvalue weighted by atomic mass is 9.75. The number of carbonyl (C=O) groups excluding carboxylic acids is 1. The average Bonchev–Trinajstić information content (AvgIpc) is 3.09. The lowest BCUT2D eigenvalue weighted by Crippen LogP contribution is -2.40. The van der Waals surface area contributed by atoms with Crippen LogP contribution in [0, 0.1) is 11.3 Å². The van der Waals surface area contributed by atoms with Crippen LogP contribution in [0.15, 0.2) is 24.1 Å². The first kappa shape index (κ1) is 18.3. The Bertz CT molecular complexity index is 843. The highest BCUT2D eigenvalue weighted by Crippen LogP contribution is 2.50. The normalized spacial score (nSPS) is 28.3. The second-order valence-corrected chi connectivity index (χ2v) is 10.1. The summed E-state index contributed by atoms with van der Waals surface area (Å²) in [5.74, 6) is 1.28. The summed E-state index contributed by atoms with van der Waals surface area (Å²) in [6.07, 6.45) is 9.49. The van der Waals surface area contributed by atoms with E-state index in [-0.39, 0.29) is 11.3 Å². The summed E-state index contributed by atoms with van der Waals surface area (Å²) < 4.78 is 2.16. The maximum Gasteiger partial charge on any atom is 0.230 e. The van der Waals surface area contributed by atoms with Crippen LogP contribution in [0.1, 0.15) is 55.8 Å². The molecule has 0 radical (unpaired) electrons. The molecule has 0 N–H and O–H groups in total. The molecule has 2 saturated heterocycles. The van der Waals surface area contributed by atoms with E-state index >= 15 is 0 Å². The zero-order chi connectivity index (χ0) is 19.3. The number of aromatic nitrogens is 3. The molecule has 2 aromatic rings. The second-order valence-electron chi connectivity index (χ2n) is 9.09. The smallest absolute Gasteiger partial charge is 0.230 e. The Kier molecular flexibility index (Phi) is 4.55. The largest absolute Gasteiger partial charge is 0.342 e. The molecule has 2 aliphatic heterocycles. The molecule has 0 aromatic carbocycles. The molecular weight excluding hydrogens is 370 g/mol. The number of carbonyl (C=O) groups is 1. The molecule has 2 atom stereocenters. The van der Waals surface area contributed by atoms with Crippen LogP contribution in [0.3, 0.4) is 0 Å². The van der Waals surface area contributed by atoms with E-state index in [1.54, 1.807) is 11.3 Å². The van der Waals surface area contributed by atoms with Gasteiger partial charge in [0.25, 0.3) is 0 Å². The maximum atomic E-state index is 13.6. The minimum Gasteiger partial charge on any atom is -0.342 e. The molecule has 4 heterocycles. The molecule has 1 amide bonds. The molecule has 3 fully saturated rings. The molecule has 6 nitrogen and oxygen atoms in total. The monoisotopic (exact) mass is 399 g/mol. The summed E-state index contributed by atoms with van der Waals surface area (Å²) in [6.45, 7) is 8.74. The van der Waals surface area contributed by atoms with E-state index in [1.165, 1.54) is 12.8 Å². The third-order valence-corrected chi connectivity index (χ3v) is 7.51. The van der Waals surface area contributed by atoms with Gasteiger partial charge in [-0.15, -0.1) is 11.3 Å². The maximum absolute atomic E-state index is 13.6. The predicted octanol–water partition coefficient (Wildman–Crippen LogP) is 3.15. The van der Waals surface area contributed by atoms with Gasteiger partial charge in [0.15, 0.2) is 0 Å². The molecule has 28 heavy (non-hydrogen) atoms. The molecule has 7 heteroatoms. The van der Waals surface area contributed by atoms with E-state index in [0.717, 1.165) is 55.8 Å². The van der Waals surface area contributed by atoms with Crippen molar-refractivity contribution < 1.29 is 4.79 Å². The van der Waals surface area contributed by atoms with Crippen LogP contribution in [0.2, 0.25) is 0 Å². The molecular formula is C21H29N5OS. The SMILES string of the molecule is CC(C)n1cnc(C2CN(Cc3nccs3)CC23CCN(CC2CC2)C3=O)c1. The van der Waals surface area contributed by atoms with Gasteiger partial charge in [0, 0.05) is 55.9 Å². The highest BCUT2D eigenvalue weighted by molar-refractivity contribution is 7.09. The van der Waals surface area contributed by atoms with Crippen molar-refractivity contribution in [1.82, 2.24) is 24.3 Å². The van der Waals surface area contributed by atoms with Crippen molar-refractivity contribution in [3.63, 3.8) is 0 Å². The number of hydrogen-bond acceptors (Lipinski definition) is 5. The number of nitrogens with zero attached hydrogens (tertiary/aromatic N) is 5. The first-order chi connectivity index (χ1) is 13.5. The van der Waals surface area contributed by atoms with Gasteiger partial charge >= 0.3 is 0 Å². The van der Waals surface area contributed by atoms with Gasteiger partial charge in [-0.05, 0) is 39.0 Å². The van der Waals surface area contributed by atoms with Crippen LogP contribution >= 0.6 is 11.3 Å². The number of hydrogen-bond donors (Lipinski definition) is 0. The summed E-state index contributed by atoms with van der Waals surface area (Å²) in [6, 6.07) is 0.385. The lowest BCUT2D eigenvalue weighted by Gasteiger charge is -2.28. The van der Waals surface area contributed by atoms with Crippen molar-refractivity contribution in [2.45, 2.75) is 51.6 Å². The van der Waals surface area contributed by atoms with Crippen molar-refractivity contribution >= 4 is 17.2 Å². The third kappa shape index (κ3) is 3.18. The van der Waals surface area contributed by atoms with Gasteiger partial charge in [-0.2, -0.15) is 0 Å². The Morgan fingerprint density at radius 3 is 2.86 bits per heavy atom. The molecule has 0 bridgehead atoms. The fraction of sp³-hybridized carbons (Fsp3) is 0.667. The molecule has 1 spiro atoms. The summed E-state index contributed by atoms with van der Waals surface area (Å²) >= 11 is 1.70. The van der Waals surface area contributed by atoms with Crippen LogP contribution in [0.4, 0.5) is 0 Å². The summed E-state index contributed by atoms with van der Waals surface area (Å²) in [7, 11) is 0. The second kappa shape index (κ2) is 6.95. The van der Waals surface area contributed by atoms with Crippen molar-refractivity contribution in [3.8, 4) is 0 Å². The lowest BCUT2D eigenvalue weighted by molar-refractivity contribution is -0.136. The number of thiazole rings is 1. The number of imidazole rings is 1. The zero-order valence-electron chi connectivity index (χ0n) is 16.8. The van der Waals surface area contributed by atoms with E-state index in [1.807, 2.05) is 17.9 Å². The summed E-state index contributed by atoms with van der Waals surface area (Å²) in [4.78, 5) is 27.4. The standard InChI is InChI=1S/C21H29N5OS/c1-15(2)26-11-18(23-14-26)17-10-24(12-19-22-6-8-28-19)13-21(17)5-7-25(20(21)27)9-16-3-4-16/h6,8,11,14-17H,3-5,7,9-10,12-13H2,1-2H3. The molecule has 1 aliphatic carbocycles. The highest BCUT2D eigenvalue weighted by Gasteiger charge is 2.58. The molecule has 1 saturated carbocycles.